The molecule has 9 heteroatoms. The van der Waals surface area contributed by atoms with Crippen molar-refractivity contribution < 1.29 is 23.6 Å². The van der Waals surface area contributed by atoms with Crippen LogP contribution in [0.4, 0.5) is 10.1 Å². The minimum atomic E-state index is -0.584. The molecule has 136 valence electrons. The zero-order valence-electron chi connectivity index (χ0n) is 13.9. The fraction of sp³-hybridized carbons (Fsp3) is 0.176. The first-order chi connectivity index (χ1) is 12.3. The molecule has 26 heavy (non-hydrogen) atoms. The van der Waals surface area contributed by atoms with E-state index in [2.05, 4.69) is 5.32 Å². The molecule has 1 N–H and O–H groups in total. The SMILES string of the molecule is CNC(=O)c1cc(F)ccc1Sc1ccc(COC(C)=O)cc1[N+](=O)[O-]. The van der Waals surface area contributed by atoms with Gasteiger partial charge in [-0.15, -0.1) is 0 Å². The van der Waals surface area contributed by atoms with Crippen LogP contribution in [0.1, 0.15) is 22.8 Å². The molecular formula is C17H15FN2O5S. The predicted octanol–water partition coefficient (Wildman–Crippen LogP) is 3.31. The van der Waals surface area contributed by atoms with E-state index >= 15 is 0 Å². The van der Waals surface area contributed by atoms with Gasteiger partial charge in [0, 0.05) is 24.9 Å². The Morgan fingerprint density at radius 3 is 2.54 bits per heavy atom. The summed E-state index contributed by atoms with van der Waals surface area (Å²) in [5, 5.41) is 13.8. The molecular weight excluding hydrogens is 363 g/mol. The summed E-state index contributed by atoms with van der Waals surface area (Å²) >= 11 is 0.978. The Bertz CT molecular complexity index is 872. The molecule has 2 aromatic rings. The fourth-order valence-corrected chi connectivity index (χ4v) is 3.10. The Morgan fingerprint density at radius 1 is 1.23 bits per heavy atom. The highest BCUT2D eigenvalue weighted by Crippen LogP contribution is 2.37. The molecule has 0 spiro atoms. The van der Waals surface area contributed by atoms with Crippen molar-refractivity contribution in [1.82, 2.24) is 5.32 Å². The Hall–Kier alpha value is -2.94. The topological polar surface area (TPSA) is 98.5 Å². The van der Waals surface area contributed by atoms with Crippen molar-refractivity contribution >= 4 is 29.3 Å². The maximum absolute atomic E-state index is 13.5. The lowest BCUT2D eigenvalue weighted by Gasteiger charge is -2.10. The molecule has 0 atom stereocenters. The summed E-state index contributed by atoms with van der Waals surface area (Å²) < 4.78 is 18.3. The lowest BCUT2D eigenvalue weighted by Crippen LogP contribution is -2.18. The monoisotopic (exact) mass is 378 g/mol. The van der Waals surface area contributed by atoms with Crippen LogP contribution in [0.25, 0.3) is 0 Å². The Morgan fingerprint density at radius 2 is 1.92 bits per heavy atom. The number of rotatable bonds is 6. The maximum atomic E-state index is 13.5. The van der Waals surface area contributed by atoms with Crippen molar-refractivity contribution in [3.8, 4) is 0 Å². The molecule has 0 aliphatic rings. The molecule has 0 heterocycles. The minimum Gasteiger partial charge on any atom is -0.461 e. The molecule has 7 nitrogen and oxygen atoms in total. The summed E-state index contributed by atoms with van der Waals surface area (Å²) in [5.41, 5.74) is 0.338. The van der Waals surface area contributed by atoms with E-state index in [0.717, 1.165) is 17.8 Å². The number of nitrogens with zero attached hydrogens (tertiary/aromatic N) is 1. The van der Waals surface area contributed by atoms with E-state index in [-0.39, 0.29) is 22.8 Å². The number of hydrogen-bond donors (Lipinski definition) is 1. The van der Waals surface area contributed by atoms with E-state index in [4.69, 9.17) is 4.74 Å². The van der Waals surface area contributed by atoms with Gasteiger partial charge < -0.3 is 10.1 Å². The number of esters is 1. The molecule has 0 bridgehead atoms. The molecule has 2 aromatic carbocycles. The summed E-state index contributed by atoms with van der Waals surface area (Å²) in [6.07, 6.45) is 0. The molecule has 0 saturated heterocycles. The van der Waals surface area contributed by atoms with E-state index in [0.29, 0.717) is 10.5 Å². The lowest BCUT2D eigenvalue weighted by atomic mass is 10.2. The van der Waals surface area contributed by atoms with Crippen molar-refractivity contribution in [2.24, 2.45) is 0 Å². The molecule has 0 radical (unpaired) electrons. The number of amides is 1. The van der Waals surface area contributed by atoms with E-state index in [1.807, 2.05) is 0 Å². The normalized spacial score (nSPS) is 10.3. The summed E-state index contributed by atoms with van der Waals surface area (Å²) in [6.45, 7) is 1.16. The van der Waals surface area contributed by atoms with Crippen molar-refractivity contribution in [2.45, 2.75) is 23.3 Å². The average Bonchev–Trinajstić information content (AvgIpc) is 2.61. The number of ether oxygens (including phenoxy) is 1. The largest absolute Gasteiger partial charge is 0.461 e. The van der Waals surface area contributed by atoms with Crippen molar-refractivity contribution in [3.05, 3.63) is 63.5 Å². The van der Waals surface area contributed by atoms with Crippen LogP contribution in [0.3, 0.4) is 0 Å². The summed E-state index contributed by atoms with van der Waals surface area (Å²) in [6, 6.07) is 8.02. The van der Waals surface area contributed by atoms with Gasteiger partial charge >= 0.3 is 5.97 Å². The number of nitrogens with one attached hydrogen (secondary N) is 1. The smallest absolute Gasteiger partial charge is 0.302 e. The van der Waals surface area contributed by atoms with Crippen LogP contribution in [0.5, 0.6) is 0 Å². The Labute approximate surface area is 152 Å². The first-order valence-corrected chi connectivity index (χ1v) is 8.23. The van der Waals surface area contributed by atoms with Gasteiger partial charge in [0.05, 0.1) is 15.4 Å². The van der Waals surface area contributed by atoms with Gasteiger partial charge in [0.15, 0.2) is 0 Å². The van der Waals surface area contributed by atoms with Gasteiger partial charge in [-0.25, -0.2) is 4.39 Å². The zero-order chi connectivity index (χ0) is 19.3. The molecule has 0 saturated carbocycles. The van der Waals surface area contributed by atoms with Crippen molar-refractivity contribution in [3.63, 3.8) is 0 Å². The van der Waals surface area contributed by atoms with Crippen LogP contribution < -0.4 is 5.32 Å². The second-order valence-corrected chi connectivity index (χ2v) is 6.24. The van der Waals surface area contributed by atoms with Gasteiger partial charge in [0.1, 0.15) is 12.4 Å². The van der Waals surface area contributed by atoms with E-state index in [1.165, 1.54) is 38.2 Å². The van der Waals surface area contributed by atoms with Crippen LogP contribution in [-0.4, -0.2) is 23.8 Å². The Balaban J connectivity index is 2.39. The quantitative estimate of drug-likeness (QED) is 0.470. The number of benzene rings is 2. The summed E-state index contributed by atoms with van der Waals surface area (Å²) in [5.74, 6) is -1.58. The van der Waals surface area contributed by atoms with Gasteiger partial charge in [-0.2, -0.15) is 0 Å². The number of nitro groups is 1. The van der Waals surface area contributed by atoms with E-state index < -0.39 is 22.6 Å². The molecule has 1 amide bonds. The van der Waals surface area contributed by atoms with Crippen LogP contribution in [-0.2, 0) is 16.1 Å². The maximum Gasteiger partial charge on any atom is 0.302 e. The van der Waals surface area contributed by atoms with Gasteiger partial charge in [0.2, 0.25) is 0 Å². The molecule has 0 fully saturated rings. The molecule has 0 aromatic heterocycles. The zero-order valence-corrected chi connectivity index (χ0v) is 14.8. The lowest BCUT2D eigenvalue weighted by molar-refractivity contribution is -0.387. The van der Waals surface area contributed by atoms with Crippen LogP contribution in [0, 0.1) is 15.9 Å². The fourth-order valence-electron chi connectivity index (χ4n) is 2.09. The first-order valence-electron chi connectivity index (χ1n) is 7.42. The van der Waals surface area contributed by atoms with E-state index in [9.17, 15) is 24.1 Å². The molecule has 0 aliphatic heterocycles. The van der Waals surface area contributed by atoms with Gasteiger partial charge in [-0.1, -0.05) is 17.8 Å². The number of carbonyl (C=O) groups excluding carboxylic acids is 2. The second kappa shape index (κ2) is 8.43. The summed E-state index contributed by atoms with van der Waals surface area (Å²) in [7, 11) is 1.41. The standard InChI is InChI=1S/C17H15FN2O5S/c1-10(21)25-9-11-3-5-16(14(7-11)20(23)24)26-15-6-4-12(18)8-13(15)17(22)19-2/h3-8H,9H2,1-2H3,(H,19,22). The third kappa shape index (κ3) is 4.79. The minimum absolute atomic E-state index is 0.0794. The van der Waals surface area contributed by atoms with Crippen molar-refractivity contribution in [2.75, 3.05) is 7.05 Å². The summed E-state index contributed by atoms with van der Waals surface area (Å²) in [4.78, 5) is 34.3. The van der Waals surface area contributed by atoms with Gasteiger partial charge in [-0.3, -0.25) is 19.7 Å². The van der Waals surface area contributed by atoms with Gasteiger partial charge in [0.25, 0.3) is 11.6 Å². The third-order valence-corrected chi connectivity index (χ3v) is 4.44. The number of carbonyl (C=O) groups is 2. The number of hydrogen-bond acceptors (Lipinski definition) is 6. The molecule has 0 unspecified atom stereocenters. The third-order valence-electron chi connectivity index (χ3n) is 3.30. The van der Waals surface area contributed by atoms with E-state index in [1.54, 1.807) is 6.07 Å². The Kier molecular flexibility index (Phi) is 6.29. The van der Waals surface area contributed by atoms with Crippen LogP contribution in [0.2, 0.25) is 0 Å². The first kappa shape index (κ1) is 19.4. The second-order valence-electron chi connectivity index (χ2n) is 5.16. The number of nitro benzene ring substituents is 1. The predicted molar refractivity (Wildman–Crippen MR) is 92.5 cm³/mol. The van der Waals surface area contributed by atoms with Crippen molar-refractivity contribution in [1.29, 1.82) is 0 Å². The highest BCUT2D eigenvalue weighted by molar-refractivity contribution is 7.99. The van der Waals surface area contributed by atoms with Crippen LogP contribution >= 0.6 is 11.8 Å². The molecule has 0 aliphatic carbocycles. The average molecular weight is 378 g/mol. The molecule has 2 rings (SSSR count). The highest BCUT2D eigenvalue weighted by Gasteiger charge is 2.19. The van der Waals surface area contributed by atoms with Gasteiger partial charge in [-0.05, 0) is 29.8 Å². The highest BCUT2D eigenvalue weighted by atomic mass is 32.2. The number of halogens is 1. The van der Waals surface area contributed by atoms with Crippen LogP contribution in [0.15, 0.2) is 46.2 Å².